The summed E-state index contributed by atoms with van der Waals surface area (Å²) in [5.74, 6) is 0.899. The van der Waals surface area contributed by atoms with Gasteiger partial charge in [0.15, 0.2) is 0 Å². The van der Waals surface area contributed by atoms with Crippen LogP contribution in [-0.4, -0.2) is 11.6 Å². The van der Waals surface area contributed by atoms with Gasteiger partial charge in [0.1, 0.15) is 10.9 Å². The number of hydrogen-bond donors (Lipinski definition) is 0. The van der Waals surface area contributed by atoms with Gasteiger partial charge < -0.3 is 4.74 Å². The van der Waals surface area contributed by atoms with Gasteiger partial charge in [-0.3, -0.25) is 0 Å². The van der Waals surface area contributed by atoms with Gasteiger partial charge in [-0.2, -0.15) is 0 Å². The molecule has 1 aromatic heterocycles. The van der Waals surface area contributed by atoms with E-state index in [1.807, 2.05) is 6.07 Å². The van der Waals surface area contributed by atoms with Crippen LogP contribution in [0.3, 0.4) is 0 Å². The lowest BCUT2D eigenvalue weighted by Gasteiger charge is -2.16. The zero-order valence-corrected chi connectivity index (χ0v) is 6.77. The lowest BCUT2D eigenvalue weighted by Crippen LogP contribution is -2.08. The Morgan fingerprint density at radius 1 is 1.55 bits per heavy atom. The Hall–Kier alpha value is -0.760. The first-order chi connectivity index (χ1) is 5.38. The fraction of sp³-hybridized carbons (Fsp3) is 0.375. The molecule has 0 aliphatic carbocycles. The van der Waals surface area contributed by atoms with E-state index in [0.717, 1.165) is 30.8 Å². The molecular formula is C8H8ClNO. The summed E-state index contributed by atoms with van der Waals surface area (Å²) in [6, 6.07) is 1.86. The van der Waals surface area contributed by atoms with Crippen molar-refractivity contribution in [3.63, 3.8) is 0 Å². The van der Waals surface area contributed by atoms with Crippen LogP contribution in [0.1, 0.15) is 12.0 Å². The van der Waals surface area contributed by atoms with E-state index in [2.05, 4.69) is 4.98 Å². The van der Waals surface area contributed by atoms with E-state index in [-0.39, 0.29) is 0 Å². The lowest BCUT2D eigenvalue weighted by atomic mass is 10.1. The monoisotopic (exact) mass is 169 g/mol. The molecular weight excluding hydrogens is 162 g/mol. The molecule has 0 bridgehead atoms. The summed E-state index contributed by atoms with van der Waals surface area (Å²) in [6.45, 7) is 0.799. The van der Waals surface area contributed by atoms with E-state index >= 15 is 0 Å². The van der Waals surface area contributed by atoms with Gasteiger partial charge >= 0.3 is 0 Å². The second-order valence-electron chi connectivity index (χ2n) is 2.53. The summed E-state index contributed by atoms with van der Waals surface area (Å²) in [4.78, 5) is 3.98. The zero-order valence-electron chi connectivity index (χ0n) is 6.01. The third-order valence-electron chi connectivity index (χ3n) is 1.79. The lowest BCUT2D eigenvalue weighted by molar-refractivity contribution is 0.288. The molecule has 0 N–H and O–H groups in total. The van der Waals surface area contributed by atoms with Crippen LogP contribution in [0.15, 0.2) is 12.3 Å². The average Bonchev–Trinajstić information content (AvgIpc) is 2.06. The topological polar surface area (TPSA) is 22.1 Å². The summed E-state index contributed by atoms with van der Waals surface area (Å²) >= 11 is 5.85. The van der Waals surface area contributed by atoms with Crippen molar-refractivity contribution >= 4 is 11.6 Å². The van der Waals surface area contributed by atoms with Crippen LogP contribution in [0, 0.1) is 0 Å². The second kappa shape index (κ2) is 2.70. The minimum atomic E-state index is 0.585. The van der Waals surface area contributed by atoms with E-state index in [1.165, 1.54) is 0 Å². The van der Waals surface area contributed by atoms with Gasteiger partial charge in [-0.15, -0.1) is 0 Å². The number of nitrogens with zero attached hydrogens (tertiary/aromatic N) is 1. The van der Waals surface area contributed by atoms with Crippen molar-refractivity contribution in [2.75, 3.05) is 6.61 Å². The number of aromatic nitrogens is 1. The summed E-state index contributed by atoms with van der Waals surface area (Å²) in [7, 11) is 0. The number of ether oxygens (including phenoxy) is 1. The molecule has 0 amide bonds. The van der Waals surface area contributed by atoms with Gasteiger partial charge in [0, 0.05) is 11.8 Å². The molecule has 58 valence electrons. The van der Waals surface area contributed by atoms with E-state index in [9.17, 15) is 0 Å². The maximum atomic E-state index is 5.85. The Bertz CT molecular complexity index is 275. The van der Waals surface area contributed by atoms with Gasteiger partial charge in [0.05, 0.1) is 6.61 Å². The van der Waals surface area contributed by atoms with Crippen LogP contribution in [0.4, 0.5) is 0 Å². The fourth-order valence-electron chi connectivity index (χ4n) is 1.24. The first kappa shape index (κ1) is 6.92. The SMILES string of the molecule is Clc1nccc2c1CCCO2. The minimum absolute atomic E-state index is 0.585. The van der Waals surface area contributed by atoms with Crippen LogP contribution in [0.25, 0.3) is 0 Å². The maximum absolute atomic E-state index is 5.85. The molecule has 0 saturated heterocycles. The van der Waals surface area contributed by atoms with Crippen LogP contribution >= 0.6 is 11.6 Å². The zero-order chi connectivity index (χ0) is 7.68. The Balaban J connectivity index is 2.49. The normalized spacial score (nSPS) is 15.4. The third-order valence-corrected chi connectivity index (χ3v) is 2.11. The van der Waals surface area contributed by atoms with E-state index in [1.54, 1.807) is 6.20 Å². The van der Waals surface area contributed by atoms with Crippen LogP contribution in [0.5, 0.6) is 5.75 Å². The molecule has 1 aliphatic heterocycles. The largest absolute Gasteiger partial charge is 0.493 e. The van der Waals surface area contributed by atoms with Gasteiger partial charge in [-0.1, -0.05) is 11.6 Å². The molecule has 1 aliphatic rings. The Labute approximate surface area is 70.2 Å². The quantitative estimate of drug-likeness (QED) is 0.555. The smallest absolute Gasteiger partial charge is 0.135 e. The van der Waals surface area contributed by atoms with Crippen molar-refractivity contribution in [1.29, 1.82) is 0 Å². The Kier molecular flexibility index (Phi) is 1.70. The molecule has 0 saturated carbocycles. The second-order valence-corrected chi connectivity index (χ2v) is 2.89. The summed E-state index contributed by atoms with van der Waals surface area (Å²) in [6.07, 6.45) is 3.70. The van der Waals surface area contributed by atoms with Gasteiger partial charge in [0.2, 0.25) is 0 Å². The predicted molar refractivity (Wildman–Crippen MR) is 43.1 cm³/mol. The van der Waals surface area contributed by atoms with Crippen molar-refractivity contribution in [3.05, 3.63) is 23.0 Å². The average molecular weight is 170 g/mol. The summed E-state index contributed by atoms with van der Waals surface area (Å²) in [5, 5.41) is 0.585. The van der Waals surface area contributed by atoms with Crippen LogP contribution in [0.2, 0.25) is 5.15 Å². The molecule has 0 aromatic carbocycles. The highest BCUT2D eigenvalue weighted by atomic mass is 35.5. The molecule has 0 fully saturated rings. The molecule has 2 rings (SSSR count). The number of halogens is 1. The fourth-order valence-corrected chi connectivity index (χ4v) is 1.49. The number of rotatable bonds is 0. The van der Waals surface area contributed by atoms with Gasteiger partial charge in [-0.05, 0) is 18.9 Å². The van der Waals surface area contributed by atoms with E-state index < -0.39 is 0 Å². The molecule has 3 heteroatoms. The molecule has 0 unspecified atom stereocenters. The first-order valence-electron chi connectivity index (χ1n) is 3.64. The van der Waals surface area contributed by atoms with Crippen molar-refractivity contribution in [3.8, 4) is 5.75 Å². The van der Waals surface area contributed by atoms with E-state index in [4.69, 9.17) is 16.3 Å². The molecule has 0 radical (unpaired) electrons. The summed E-state index contributed by atoms with van der Waals surface area (Å²) in [5.41, 5.74) is 1.06. The first-order valence-corrected chi connectivity index (χ1v) is 4.02. The molecule has 0 spiro atoms. The molecule has 2 heterocycles. The van der Waals surface area contributed by atoms with Gasteiger partial charge in [0.25, 0.3) is 0 Å². The van der Waals surface area contributed by atoms with Crippen molar-refractivity contribution < 1.29 is 4.74 Å². The standard InChI is InChI=1S/C8H8ClNO/c9-8-6-2-1-5-11-7(6)3-4-10-8/h3-4H,1-2,5H2. The van der Waals surface area contributed by atoms with Crippen LogP contribution in [-0.2, 0) is 6.42 Å². The van der Waals surface area contributed by atoms with Crippen molar-refractivity contribution in [2.45, 2.75) is 12.8 Å². The third kappa shape index (κ3) is 1.18. The maximum Gasteiger partial charge on any atom is 0.135 e. The summed E-state index contributed by atoms with van der Waals surface area (Å²) < 4.78 is 5.38. The van der Waals surface area contributed by atoms with E-state index in [0.29, 0.717) is 5.15 Å². The highest BCUT2D eigenvalue weighted by Crippen LogP contribution is 2.28. The Morgan fingerprint density at radius 3 is 3.27 bits per heavy atom. The molecule has 11 heavy (non-hydrogen) atoms. The number of pyridine rings is 1. The predicted octanol–water partition coefficient (Wildman–Crippen LogP) is 2.06. The highest BCUT2D eigenvalue weighted by Gasteiger charge is 2.12. The molecule has 1 aromatic rings. The Morgan fingerprint density at radius 2 is 2.45 bits per heavy atom. The minimum Gasteiger partial charge on any atom is -0.493 e. The highest BCUT2D eigenvalue weighted by molar-refractivity contribution is 6.30. The number of hydrogen-bond acceptors (Lipinski definition) is 2. The molecule has 2 nitrogen and oxygen atoms in total. The van der Waals surface area contributed by atoms with Crippen molar-refractivity contribution in [2.24, 2.45) is 0 Å². The van der Waals surface area contributed by atoms with Crippen LogP contribution < -0.4 is 4.74 Å². The molecule has 0 atom stereocenters. The number of fused-ring (bicyclic) bond motifs is 1. The van der Waals surface area contributed by atoms with Crippen molar-refractivity contribution in [1.82, 2.24) is 4.98 Å². The van der Waals surface area contributed by atoms with Gasteiger partial charge in [-0.25, -0.2) is 4.98 Å².